The monoisotopic (exact) mass is 718 g/mol. The van der Waals surface area contributed by atoms with Gasteiger partial charge in [0.05, 0.1) is 28.5 Å². The van der Waals surface area contributed by atoms with Crippen LogP contribution >= 0.6 is 0 Å². The van der Waals surface area contributed by atoms with Crippen LogP contribution in [0.2, 0.25) is 0 Å². The number of para-hydroxylation sites is 3. The Labute approximate surface area is 319 Å². The predicted molar refractivity (Wildman–Crippen MR) is 220 cm³/mol. The number of pyridine rings is 1. The van der Waals surface area contributed by atoms with Gasteiger partial charge in [0.1, 0.15) is 40.3 Å². The largest absolute Gasteiger partial charge is 0.457 e. The van der Waals surface area contributed by atoms with Crippen LogP contribution in [0.25, 0.3) is 44.4 Å². The van der Waals surface area contributed by atoms with Gasteiger partial charge in [-0.2, -0.15) is 5.10 Å². The van der Waals surface area contributed by atoms with E-state index in [0.29, 0.717) is 23.2 Å². The van der Waals surface area contributed by atoms with Crippen LogP contribution in [0.4, 0.5) is 0 Å². The summed E-state index contributed by atoms with van der Waals surface area (Å²) in [6.07, 6.45) is 5.72. The summed E-state index contributed by atoms with van der Waals surface area (Å²) in [6.45, 7) is 6.44. The second-order valence-corrected chi connectivity index (χ2v) is 13.9. The SMILES string of the molecule is Cc1cc(Oc2ccccc2)c(-c2cnn(-c3cccc(Oc4ccc5c6ccccc6n(-c6cc(C(C)C)ccn6)c5c4)c3)c2)c(Oc2ccccc2)c1. The molecule has 0 radical (unpaired) electrons. The van der Waals surface area contributed by atoms with E-state index in [-0.39, 0.29) is 0 Å². The van der Waals surface area contributed by atoms with Gasteiger partial charge in [-0.1, -0.05) is 74.5 Å². The van der Waals surface area contributed by atoms with Gasteiger partial charge in [0, 0.05) is 40.9 Å². The molecule has 268 valence electrons. The summed E-state index contributed by atoms with van der Waals surface area (Å²) in [5.74, 6) is 5.49. The Balaban J connectivity index is 1.06. The second-order valence-electron chi connectivity index (χ2n) is 13.9. The summed E-state index contributed by atoms with van der Waals surface area (Å²) in [5.41, 5.74) is 6.87. The van der Waals surface area contributed by atoms with Crippen molar-refractivity contribution in [3.05, 3.63) is 181 Å². The molecular weight excluding hydrogens is 681 g/mol. The van der Waals surface area contributed by atoms with Gasteiger partial charge >= 0.3 is 0 Å². The molecule has 3 heterocycles. The van der Waals surface area contributed by atoms with Crippen molar-refractivity contribution in [3.63, 3.8) is 0 Å². The lowest BCUT2D eigenvalue weighted by atomic mass is 10.0. The highest BCUT2D eigenvalue weighted by Crippen LogP contribution is 2.44. The molecule has 0 saturated carbocycles. The van der Waals surface area contributed by atoms with E-state index in [4.69, 9.17) is 24.3 Å². The van der Waals surface area contributed by atoms with Crippen molar-refractivity contribution in [3.8, 4) is 57.1 Å². The average molecular weight is 719 g/mol. The summed E-state index contributed by atoms with van der Waals surface area (Å²) < 4.78 is 23.6. The van der Waals surface area contributed by atoms with E-state index in [1.165, 1.54) is 10.9 Å². The van der Waals surface area contributed by atoms with Crippen LogP contribution in [-0.2, 0) is 0 Å². The Bertz CT molecular complexity index is 2720. The van der Waals surface area contributed by atoms with E-state index < -0.39 is 0 Å². The Morgan fingerprint density at radius 1 is 0.564 bits per heavy atom. The van der Waals surface area contributed by atoms with Crippen LogP contribution in [0, 0.1) is 6.92 Å². The zero-order chi connectivity index (χ0) is 37.3. The lowest BCUT2D eigenvalue weighted by molar-refractivity contribution is 0.463. The lowest BCUT2D eigenvalue weighted by Crippen LogP contribution is -1.99. The van der Waals surface area contributed by atoms with Gasteiger partial charge in [0.15, 0.2) is 0 Å². The normalized spacial score (nSPS) is 11.3. The molecule has 0 unspecified atom stereocenters. The molecule has 0 aliphatic heterocycles. The summed E-state index contributed by atoms with van der Waals surface area (Å²) in [6, 6.07) is 50.5. The number of hydrogen-bond acceptors (Lipinski definition) is 5. The minimum absolute atomic E-state index is 0.387. The van der Waals surface area contributed by atoms with Crippen molar-refractivity contribution >= 4 is 21.8 Å². The third-order valence-corrected chi connectivity index (χ3v) is 9.65. The second kappa shape index (κ2) is 14.4. The molecule has 0 amide bonds. The molecule has 3 aromatic heterocycles. The van der Waals surface area contributed by atoms with Gasteiger partial charge in [-0.25, -0.2) is 9.67 Å². The predicted octanol–water partition coefficient (Wildman–Crippen LogP) is 12.8. The summed E-state index contributed by atoms with van der Waals surface area (Å²) in [4.78, 5) is 4.80. The third-order valence-electron chi connectivity index (χ3n) is 9.65. The molecule has 0 saturated heterocycles. The minimum atomic E-state index is 0.387. The molecule has 6 aromatic carbocycles. The number of ether oxygens (including phenoxy) is 3. The van der Waals surface area contributed by atoms with E-state index in [1.54, 1.807) is 0 Å². The summed E-state index contributed by atoms with van der Waals surface area (Å²) in [7, 11) is 0. The molecule has 0 spiro atoms. The van der Waals surface area contributed by atoms with E-state index in [2.05, 4.69) is 66.9 Å². The number of fused-ring (bicyclic) bond motifs is 3. The summed E-state index contributed by atoms with van der Waals surface area (Å²) in [5, 5.41) is 7.11. The maximum Gasteiger partial charge on any atom is 0.139 e. The van der Waals surface area contributed by atoms with Gasteiger partial charge in [-0.3, -0.25) is 4.57 Å². The molecule has 0 atom stereocenters. The van der Waals surface area contributed by atoms with Crippen molar-refractivity contribution in [1.29, 1.82) is 0 Å². The van der Waals surface area contributed by atoms with Gasteiger partial charge in [0.2, 0.25) is 0 Å². The minimum Gasteiger partial charge on any atom is -0.457 e. The molecule has 0 aliphatic rings. The van der Waals surface area contributed by atoms with Crippen molar-refractivity contribution in [2.24, 2.45) is 0 Å². The van der Waals surface area contributed by atoms with Crippen LogP contribution < -0.4 is 14.2 Å². The first-order valence-corrected chi connectivity index (χ1v) is 18.4. The maximum atomic E-state index is 6.56. The van der Waals surface area contributed by atoms with E-state index >= 15 is 0 Å². The van der Waals surface area contributed by atoms with Crippen LogP contribution in [0.15, 0.2) is 170 Å². The molecule has 0 N–H and O–H groups in total. The molecule has 9 aromatic rings. The smallest absolute Gasteiger partial charge is 0.139 e. The van der Waals surface area contributed by atoms with E-state index in [0.717, 1.165) is 61.9 Å². The fourth-order valence-electron chi connectivity index (χ4n) is 6.99. The molecule has 0 bridgehead atoms. The first kappa shape index (κ1) is 33.7. The van der Waals surface area contributed by atoms with Crippen molar-refractivity contribution < 1.29 is 14.2 Å². The number of hydrogen-bond donors (Lipinski definition) is 0. The fraction of sp³-hybridized carbons (Fsp3) is 0.0833. The number of benzene rings is 6. The van der Waals surface area contributed by atoms with Crippen LogP contribution in [0.5, 0.6) is 34.5 Å². The zero-order valence-corrected chi connectivity index (χ0v) is 30.8. The van der Waals surface area contributed by atoms with Crippen molar-refractivity contribution in [2.45, 2.75) is 26.7 Å². The number of rotatable bonds is 10. The van der Waals surface area contributed by atoms with Gasteiger partial charge in [0.25, 0.3) is 0 Å². The Hall–Kier alpha value is -7.12. The van der Waals surface area contributed by atoms with Crippen molar-refractivity contribution in [2.75, 3.05) is 0 Å². The zero-order valence-electron chi connectivity index (χ0n) is 30.8. The average Bonchev–Trinajstić information content (AvgIpc) is 3.82. The Kier molecular flexibility index (Phi) is 8.80. The molecule has 55 heavy (non-hydrogen) atoms. The molecule has 0 aliphatic carbocycles. The number of aromatic nitrogens is 4. The maximum absolute atomic E-state index is 6.56. The fourth-order valence-corrected chi connectivity index (χ4v) is 6.99. The summed E-state index contributed by atoms with van der Waals surface area (Å²) >= 11 is 0. The quantitative estimate of drug-likeness (QED) is 0.141. The lowest BCUT2D eigenvalue weighted by Gasteiger charge is -2.16. The molecule has 7 heteroatoms. The van der Waals surface area contributed by atoms with Gasteiger partial charge in [-0.15, -0.1) is 0 Å². The van der Waals surface area contributed by atoms with Crippen LogP contribution in [0.1, 0.15) is 30.9 Å². The number of aryl methyl sites for hydroxylation is 1. The molecular formula is C48H38N4O3. The Morgan fingerprint density at radius 3 is 1.95 bits per heavy atom. The molecule has 0 fully saturated rings. The standard InChI is InChI=1S/C48H38N4O3/c1-32(2)34-23-24-49-47(27-34)52-43-20-11-10-19-41(43)42-22-21-40(29-44(42)52)53-39-18-12-13-36(28-39)51-31-35(30-50-51)48-45(54-37-14-6-4-7-15-37)25-33(3)26-46(48)55-38-16-8-5-9-17-38/h4-32H,1-3H3. The van der Waals surface area contributed by atoms with Crippen LogP contribution in [-0.4, -0.2) is 19.3 Å². The highest BCUT2D eigenvalue weighted by molar-refractivity contribution is 6.09. The topological polar surface area (TPSA) is 63.3 Å². The Morgan fingerprint density at radius 2 is 1.22 bits per heavy atom. The highest BCUT2D eigenvalue weighted by atomic mass is 16.5. The highest BCUT2D eigenvalue weighted by Gasteiger charge is 2.20. The van der Waals surface area contributed by atoms with Gasteiger partial charge in [-0.05, 0) is 103 Å². The number of nitrogens with zero attached hydrogens (tertiary/aromatic N) is 4. The van der Waals surface area contributed by atoms with Crippen LogP contribution in [0.3, 0.4) is 0 Å². The first-order valence-electron chi connectivity index (χ1n) is 18.4. The van der Waals surface area contributed by atoms with E-state index in [1.807, 2.05) is 133 Å². The molecule has 7 nitrogen and oxygen atoms in total. The third kappa shape index (κ3) is 6.80. The van der Waals surface area contributed by atoms with Gasteiger partial charge < -0.3 is 14.2 Å². The van der Waals surface area contributed by atoms with Crippen molar-refractivity contribution in [1.82, 2.24) is 19.3 Å². The van der Waals surface area contributed by atoms with E-state index in [9.17, 15) is 0 Å². The molecule has 9 rings (SSSR count). The first-order chi connectivity index (χ1) is 27.0.